The van der Waals surface area contributed by atoms with Crippen molar-refractivity contribution in [1.82, 2.24) is 15.3 Å². The van der Waals surface area contributed by atoms with E-state index in [-0.39, 0.29) is 17.8 Å². The number of piperazine rings is 1. The molecule has 1 unspecified atom stereocenters. The molecule has 1 saturated heterocycles. The maximum absolute atomic E-state index is 11.6. The monoisotopic (exact) mass is 328 g/mol. The average Bonchev–Trinajstić information content (AvgIpc) is 3.20. The summed E-state index contributed by atoms with van der Waals surface area (Å²) in [6.45, 7) is 3.67. The van der Waals surface area contributed by atoms with Gasteiger partial charge < -0.3 is 26.1 Å². The van der Waals surface area contributed by atoms with Crippen LogP contribution in [0.5, 0.6) is 0 Å². The molecule has 126 valence electrons. The van der Waals surface area contributed by atoms with Crippen molar-refractivity contribution in [2.24, 2.45) is 0 Å². The van der Waals surface area contributed by atoms with Crippen molar-refractivity contribution in [3.8, 4) is 0 Å². The highest BCUT2D eigenvalue weighted by atomic mass is 16.3. The number of nitrogens with zero attached hydrogens (tertiary/aromatic N) is 3. The molecule has 5 N–H and O–H groups in total. The van der Waals surface area contributed by atoms with Crippen LogP contribution in [0, 0.1) is 0 Å². The van der Waals surface area contributed by atoms with Crippen molar-refractivity contribution < 1.29 is 9.21 Å². The fourth-order valence-electron chi connectivity index (χ4n) is 2.67. The Morgan fingerprint density at radius 2 is 1.92 bits per heavy atom. The van der Waals surface area contributed by atoms with Crippen LogP contribution in [0.25, 0.3) is 11.2 Å². The third kappa shape index (κ3) is 3.54. The molecule has 3 aromatic rings. The summed E-state index contributed by atoms with van der Waals surface area (Å²) in [5, 5.41) is 3.18. The highest BCUT2D eigenvalue weighted by molar-refractivity contribution is 5.85. The molecule has 1 atom stereocenters. The van der Waals surface area contributed by atoms with Gasteiger partial charge in [-0.05, 0) is 31.2 Å². The van der Waals surface area contributed by atoms with E-state index in [0.717, 1.165) is 17.7 Å². The van der Waals surface area contributed by atoms with Gasteiger partial charge in [-0.1, -0.05) is 0 Å². The topological polar surface area (TPSA) is 123 Å². The molecule has 0 radical (unpaired) electrons. The van der Waals surface area contributed by atoms with E-state index in [1.54, 1.807) is 13.0 Å². The lowest BCUT2D eigenvalue weighted by Gasteiger charge is -2.35. The number of carbonyl (C=O) groups is 1. The van der Waals surface area contributed by atoms with Crippen LogP contribution < -0.4 is 21.7 Å². The number of nitrogens with two attached hydrogens (primary N) is 2. The average molecular weight is 328 g/mol. The summed E-state index contributed by atoms with van der Waals surface area (Å²) in [6, 6.07) is 9.23. The standard InChI is InChI=1S/C10H16N6O.C6H4O/c1-6(17)7-5-13-2-3-16(7)9-4-8(11)14-10(12)15-9;1-2-6-4-3-5(1)7-6/h4,7,13H,2-3,5H2,1H3,(H4,11,12,14,15);1-4H. The zero-order valence-electron chi connectivity index (χ0n) is 13.4. The maximum atomic E-state index is 11.6. The Labute approximate surface area is 139 Å². The van der Waals surface area contributed by atoms with Crippen LogP contribution in [0.2, 0.25) is 0 Å². The van der Waals surface area contributed by atoms with E-state index in [1.165, 1.54) is 0 Å². The quantitative estimate of drug-likeness (QED) is 0.633. The zero-order chi connectivity index (χ0) is 17.1. The third-order valence-corrected chi connectivity index (χ3v) is 3.82. The van der Waals surface area contributed by atoms with Crippen LogP contribution in [-0.4, -0.2) is 41.4 Å². The van der Waals surface area contributed by atoms with Gasteiger partial charge in [-0.15, -0.1) is 0 Å². The number of nitrogens with one attached hydrogen (secondary N) is 1. The number of benzene rings is 1. The number of furan rings is 2. The van der Waals surface area contributed by atoms with E-state index in [1.807, 2.05) is 29.2 Å². The first-order valence-electron chi connectivity index (χ1n) is 7.68. The van der Waals surface area contributed by atoms with Gasteiger partial charge in [0.05, 0.1) is 0 Å². The van der Waals surface area contributed by atoms with E-state index in [9.17, 15) is 4.79 Å². The molecule has 0 spiro atoms. The molecular formula is C16H20N6O2. The Morgan fingerprint density at radius 3 is 2.42 bits per heavy atom. The maximum Gasteiger partial charge on any atom is 0.223 e. The Balaban J connectivity index is 0.000000198. The van der Waals surface area contributed by atoms with E-state index < -0.39 is 0 Å². The highest BCUT2D eigenvalue weighted by Crippen LogP contribution is 2.19. The molecular weight excluding hydrogens is 308 g/mol. The normalized spacial score (nSPS) is 17.5. The first-order chi connectivity index (χ1) is 11.5. The van der Waals surface area contributed by atoms with Gasteiger partial charge in [0.15, 0.2) is 5.78 Å². The molecule has 0 aromatic carbocycles. The summed E-state index contributed by atoms with van der Waals surface area (Å²) in [5.41, 5.74) is 13.1. The van der Waals surface area contributed by atoms with E-state index in [2.05, 4.69) is 15.3 Å². The van der Waals surface area contributed by atoms with Gasteiger partial charge in [-0.25, -0.2) is 0 Å². The number of anilines is 3. The Morgan fingerprint density at radius 1 is 1.25 bits per heavy atom. The largest absolute Gasteiger partial charge is 0.457 e. The van der Waals surface area contributed by atoms with Crippen molar-refractivity contribution in [3.63, 3.8) is 0 Å². The minimum atomic E-state index is -0.225. The molecule has 24 heavy (non-hydrogen) atoms. The second kappa shape index (κ2) is 6.71. The van der Waals surface area contributed by atoms with Crippen LogP contribution in [0.3, 0.4) is 0 Å². The Kier molecular flexibility index (Phi) is 4.48. The van der Waals surface area contributed by atoms with Crippen LogP contribution >= 0.6 is 0 Å². The zero-order valence-corrected chi connectivity index (χ0v) is 13.4. The molecule has 1 aliphatic rings. The minimum Gasteiger partial charge on any atom is -0.457 e. The van der Waals surface area contributed by atoms with Gasteiger partial charge in [0.25, 0.3) is 0 Å². The number of aromatic nitrogens is 2. The SMILES string of the molecule is CC(=O)C1CNCCN1c1cc(N)nc(N)n1.c1cc2ccc1o2. The Hall–Kier alpha value is -2.87. The Bertz CT molecular complexity index is 752. The number of nitrogen functional groups attached to an aromatic ring is 2. The first kappa shape index (κ1) is 16.0. The number of hydrogen-bond donors (Lipinski definition) is 3. The fourth-order valence-corrected chi connectivity index (χ4v) is 2.67. The van der Waals surface area contributed by atoms with Crippen LogP contribution in [0.1, 0.15) is 6.92 Å². The van der Waals surface area contributed by atoms with E-state index >= 15 is 0 Å². The highest BCUT2D eigenvalue weighted by Gasteiger charge is 2.27. The van der Waals surface area contributed by atoms with Gasteiger partial charge in [0.1, 0.15) is 28.8 Å². The minimum absolute atomic E-state index is 0.0907. The molecule has 3 aromatic heterocycles. The number of rotatable bonds is 2. The van der Waals surface area contributed by atoms with Gasteiger partial charge in [-0.3, -0.25) is 4.79 Å². The lowest BCUT2D eigenvalue weighted by Crippen LogP contribution is -2.54. The molecule has 0 aliphatic carbocycles. The molecule has 0 saturated carbocycles. The second-order valence-electron chi connectivity index (χ2n) is 5.61. The van der Waals surface area contributed by atoms with Crippen LogP contribution in [0.15, 0.2) is 34.7 Å². The van der Waals surface area contributed by atoms with Gasteiger partial charge in [0.2, 0.25) is 5.95 Å². The summed E-state index contributed by atoms with van der Waals surface area (Å²) in [4.78, 5) is 21.4. The van der Waals surface area contributed by atoms with Crippen LogP contribution in [0.4, 0.5) is 17.6 Å². The van der Waals surface area contributed by atoms with Crippen molar-refractivity contribution in [3.05, 3.63) is 30.3 Å². The summed E-state index contributed by atoms with van der Waals surface area (Å²) < 4.78 is 5.08. The van der Waals surface area contributed by atoms with Crippen molar-refractivity contribution in [2.75, 3.05) is 36.0 Å². The summed E-state index contributed by atoms with van der Waals surface area (Å²) in [6.07, 6.45) is 0. The lowest BCUT2D eigenvalue weighted by atomic mass is 10.1. The fraction of sp³-hybridized carbons (Fsp3) is 0.312. The summed E-state index contributed by atoms with van der Waals surface area (Å²) in [5.74, 6) is 1.14. The van der Waals surface area contributed by atoms with Crippen molar-refractivity contribution >= 4 is 34.5 Å². The molecule has 4 heterocycles. The molecule has 4 rings (SSSR count). The molecule has 2 bridgehead atoms. The van der Waals surface area contributed by atoms with Crippen LogP contribution in [-0.2, 0) is 4.79 Å². The predicted molar refractivity (Wildman–Crippen MR) is 92.9 cm³/mol. The smallest absolute Gasteiger partial charge is 0.223 e. The number of ketones is 1. The number of hydrogen-bond acceptors (Lipinski definition) is 8. The van der Waals surface area contributed by atoms with Gasteiger partial charge >= 0.3 is 0 Å². The molecule has 0 amide bonds. The molecule has 1 aliphatic heterocycles. The van der Waals surface area contributed by atoms with E-state index in [4.69, 9.17) is 15.9 Å². The van der Waals surface area contributed by atoms with Gasteiger partial charge in [-0.2, -0.15) is 9.97 Å². The second-order valence-corrected chi connectivity index (χ2v) is 5.61. The summed E-state index contributed by atoms with van der Waals surface area (Å²) in [7, 11) is 0. The predicted octanol–water partition coefficient (Wildman–Crippen LogP) is 0.879. The van der Waals surface area contributed by atoms with Crippen molar-refractivity contribution in [2.45, 2.75) is 13.0 Å². The number of Topliss-reactive ketones (excluding diaryl/α,β-unsaturated/α-hetero) is 1. The van der Waals surface area contributed by atoms with Crippen molar-refractivity contribution in [1.29, 1.82) is 0 Å². The number of carbonyl (C=O) groups excluding carboxylic acids is 1. The van der Waals surface area contributed by atoms with Gasteiger partial charge in [0, 0.05) is 25.7 Å². The molecule has 1 fully saturated rings. The first-order valence-corrected chi connectivity index (χ1v) is 7.68. The third-order valence-electron chi connectivity index (χ3n) is 3.82. The lowest BCUT2D eigenvalue weighted by molar-refractivity contribution is -0.118. The summed E-state index contributed by atoms with van der Waals surface area (Å²) >= 11 is 0. The molecule has 8 nitrogen and oxygen atoms in total. The molecule has 8 heteroatoms. The number of fused-ring (bicyclic) bond motifs is 2. The van der Waals surface area contributed by atoms with E-state index in [0.29, 0.717) is 24.7 Å².